The predicted molar refractivity (Wildman–Crippen MR) is 327 cm³/mol. The van der Waals surface area contributed by atoms with Gasteiger partial charge >= 0.3 is 0 Å². The average Bonchev–Trinajstić information content (AvgIpc) is 3.43. The van der Waals surface area contributed by atoms with Crippen LogP contribution >= 0.6 is 0 Å². The van der Waals surface area contributed by atoms with E-state index in [4.69, 9.17) is 9.47 Å². The summed E-state index contributed by atoms with van der Waals surface area (Å²) in [4.78, 5) is 13.1. The zero-order chi connectivity index (χ0) is 55.8. The molecule has 0 aliphatic carbocycles. The Morgan fingerprint density at radius 3 is 1.01 bits per heavy atom. The van der Waals surface area contributed by atoms with Crippen LogP contribution in [0.2, 0.25) is 0 Å². The van der Waals surface area contributed by atoms with Gasteiger partial charge in [-0.25, -0.2) is 0 Å². The van der Waals surface area contributed by atoms with E-state index in [2.05, 4.69) is 19.2 Å². The van der Waals surface area contributed by atoms with Crippen molar-refractivity contribution in [3.05, 3.63) is 12.2 Å². The molecule has 9 heteroatoms. The van der Waals surface area contributed by atoms with E-state index in [-0.39, 0.29) is 12.5 Å². The van der Waals surface area contributed by atoms with Crippen molar-refractivity contribution in [2.24, 2.45) is 0 Å². The number of hydrogen-bond donors (Lipinski definition) is 6. The molecule has 1 aliphatic heterocycles. The number of unbranched alkanes of at least 4 members (excludes halogenated alkanes) is 51. The fraction of sp³-hybridized carbons (Fsp3) is 0.956. The highest BCUT2D eigenvalue weighted by Crippen LogP contribution is 2.24. The molecule has 0 spiro atoms. The van der Waals surface area contributed by atoms with Crippen LogP contribution < -0.4 is 5.32 Å². The Kier molecular flexibility index (Phi) is 55.8. The summed E-state index contributed by atoms with van der Waals surface area (Å²) in [5.41, 5.74) is 0. The van der Waals surface area contributed by atoms with Crippen molar-refractivity contribution in [3.8, 4) is 0 Å². The third kappa shape index (κ3) is 47.2. The molecule has 1 heterocycles. The molecule has 1 saturated heterocycles. The molecule has 0 saturated carbocycles. The highest BCUT2D eigenvalue weighted by molar-refractivity contribution is 5.76. The number of aliphatic hydroxyl groups excluding tert-OH is 5. The molecule has 7 atom stereocenters. The largest absolute Gasteiger partial charge is 0.394 e. The van der Waals surface area contributed by atoms with Gasteiger partial charge in [0.2, 0.25) is 5.91 Å². The van der Waals surface area contributed by atoms with E-state index in [9.17, 15) is 30.3 Å². The highest BCUT2D eigenvalue weighted by Gasteiger charge is 2.44. The van der Waals surface area contributed by atoms with E-state index < -0.39 is 49.5 Å². The van der Waals surface area contributed by atoms with Crippen molar-refractivity contribution < 1.29 is 39.8 Å². The van der Waals surface area contributed by atoms with Gasteiger partial charge in [-0.15, -0.1) is 0 Å². The zero-order valence-electron chi connectivity index (χ0n) is 51.3. The van der Waals surface area contributed by atoms with Crippen LogP contribution in [0.5, 0.6) is 0 Å². The molecule has 458 valence electrons. The molecule has 6 N–H and O–H groups in total. The molecule has 0 radical (unpaired) electrons. The Morgan fingerprint density at radius 2 is 0.714 bits per heavy atom. The van der Waals surface area contributed by atoms with Crippen molar-refractivity contribution in [1.82, 2.24) is 5.32 Å². The molecule has 77 heavy (non-hydrogen) atoms. The molecule has 0 aromatic carbocycles. The second kappa shape index (κ2) is 58.1. The Morgan fingerprint density at radius 1 is 0.429 bits per heavy atom. The van der Waals surface area contributed by atoms with Crippen LogP contribution in [-0.4, -0.2) is 87.5 Å². The summed E-state index contributed by atoms with van der Waals surface area (Å²) in [6.07, 6.45) is 67.6. The number of carbonyl (C=O) groups excluding carboxylic acids is 1. The van der Waals surface area contributed by atoms with Gasteiger partial charge in [-0.3, -0.25) is 4.79 Å². The van der Waals surface area contributed by atoms with E-state index in [1.165, 1.54) is 302 Å². The second-order valence-corrected chi connectivity index (χ2v) is 24.3. The third-order valence-corrected chi connectivity index (χ3v) is 16.9. The first-order valence-electron chi connectivity index (χ1n) is 34.4. The van der Waals surface area contributed by atoms with Crippen molar-refractivity contribution in [2.45, 2.75) is 403 Å². The normalized spacial score (nSPS) is 18.7. The van der Waals surface area contributed by atoms with Crippen LogP contribution in [0.25, 0.3) is 0 Å². The van der Waals surface area contributed by atoms with Gasteiger partial charge in [-0.1, -0.05) is 347 Å². The molecular weight excluding hydrogens is 959 g/mol. The maximum Gasteiger partial charge on any atom is 0.220 e. The van der Waals surface area contributed by atoms with Gasteiger partial charge in [0.15, 0.2) is 6.29 Å². The number of amides is 1. The third-order valence-electron chi connectivity index (χ3n) is 16.9. The summed E-state index contributed by atoms with van der Waals surface area (Å²) < 4.78 is 11.3. The Labute approximate surface area is 477 Å². The number of carbonyl (C=O) groups is 1. The summed E-state index contributed by atoms with van der Waals surface area (Å²) in [5, 5.41) is 54.7. The van der Waals surface area contributed by atoms with Gasteiger partial charge in [0.1, 0.15) is 24.4 Å². The SMILES string of the molecule is CCCCCCCCCCCCCCCCCC/C=C/C(O)C(COC1OC(CO)C(O)C(O)C1O)NC(=O)CCCCCCCCCCCCCCCCCCCCCCCCCCCCCCCCCCCCCC. The molecule has 1 aliphatic rings. The summed E-state index contributed by atoms with van der Waals surface area (Å²) in [6.45, 7) is 3.83. The van der Waals surface area contributed by atoms with Crippen LogP contribution in [0, 0.1) is 0 Å². The number of aliphatic hydroxyl groups is 5. The monoisotopic (exact) mass is 1090 g/mol. The zero-order valence-corrected chi connectivity index (χ0v) is 51.3. The van der Waals surface area contributed by atoms with E-state index in [0.29, 0.717) is 6.42 Å². The first kappa shape index (κ1) is 73.9. The lowest BCUT2D eigenvalue weighted by Crippen LogP contribution is -2.60. The van der Waals surface area contributed by atoms with Gasteiger partial charge < -0.3 is 40.3 Å². The van der Waals surface area contributed by atoms with E-state index in [1.807, 2.05) is 6.08 Å². The number of rotatable bonds is 61. The van der Waals surface area contributed by atoms with Crippen molar-refractivity contribution in [3.63, 3.8) is 0 Å². The lowest BCUT2D eigenvalue weighted by Gasteiger charge is -2.40. The Bertz CT molecular complexity index is 1220. The van der Waals surface area contributed by atoms with Gasteiger partial charge in [-0.05, 0) is 19.3 Å². The molecule has 0 bridgehead atoms. The molecule has 1 rings (SSSR count). The van der Waals surface area contributed by atoms with Crippen molar-refractivity contribution in [2.75, 3.05) is 13.2 Å². The topological polar surface area (TPSA) is 149 Å². The molecule has 1 fully saturated rings. The van der Waals surface area contributed by atoms with Crippen LogP contribution in [0.15, 0.2) is 12.2 Å². The molecular formula is C68H133NO8. The lowest BCUT2D eigenvalue weighted by atomic mass is 9.99. The first-order valence-corrected chi connectivity index (χ1v) is 34.4. The molecule has 7 unspecified atom stereocenters. The fourth-order valence-electron chi connectivity index (χ4n) is 11.5. The minimum atomic E-state index is -1.56. The summed E-state index contributed by atoms with van der Waals surface area (Å²) >= 11 is 0. The molecule has 0 aromatic heterocycles. The number of hydrogen-bond acceptors (Lipinski definition) is 8. The van der Waals surface area contributed by atoms with Crippen LogP contribution in [0.4, 0.5) is 0 Å². The summed E-state index contributed by atoms with van der Waals surface area (Å²) in [6, 6.07) is -0.801. The number of nitrogens with one attached hydrogen (secondary N) is 1. The molecule has 9 nitrogen and oxygen atoms in total. The van der Waals surface area contributed by atoms with Gasteiger partial charge in [0.05, 0.1) is 25.4 Å². The van der Waals surface area contributed by atoms with Crippen LogP contribution in [0.3, 0.4) is 0 Å². The Hall–Kier alpha value is -1.07. The van der Waals surface area contributed by atoms with Crippen molar-refractivity contribution >= 4 is 5.91 Å². The van der Waals surface area contributed by atoms with Gasteiger partial charge in [0, 0.05) is 6.42 Å². The van der Waals surface area contributed by atoms with Crippen molar-refractivity contribution in [1.29, 1.82) is 0 Å². The summed E-state index contributed by atoms with van der Waals surface area (Å²) in [5.74, 6) is -0.168. The lowest BCUT2D eigenvalue weighted by molar-refractivity contribution is -0.302. The summed E-state index contributed by atoms with van der Waals surface area (Å²) in [7, 11) is 0. The maximum absolute atomic E-state index is 13.1. The Balaban J connectivity index is 2.06. The van der Waals surface area contributed by atoms with Gasteiger partial charge in [0.25, 0.3) is 0 Å². The van der Waals surface area contributed by atoms with E-state index in [1.54, 1.807) is 6.08 Å². The highest BCUT2D eigenvalue weighted by atomic mass is 16.7. The van der Waals surface area contributed by atoms with Gasteiger partial charge in [-0.2, -0.15) is 0 Å². The second-order valence-electron chi connectivity index (χ2n) is 24.3. The van der Waals surface area contributed by atoms with Crippen LogP contribution in [-0.2, 0) is 14.3 Å². The van der Waals surface area contributed by atoms with Crippen LogP contribution in [0.1, 0.15) is 361 Å². The molecule has 0 aromatic rings. The number of allylic oxidation sites excluding steroid dienone is 1. The van der Waals surface area contributed by atoms with E-state index >= 15 is 0 Å². The maximum atomic E-state index is 13.1. The first-order chi connectivity index (χ1) is 37.8. The minimum absolute atomic E-state index is 0.168. The molecule has 1 amide bonds. The van der Waals surface area contributed by atoms with E-state index in [0.717, 1.165) is 38.5 Å². The smallest absolute Gasteiger partial charge is 0.220 e. The fourth-order valence-corrected chi connectivity index (χ4v) is 11.5. The predicted octanol–water partition coefficient (Wildman–Crippen LogP) is 18.3. The quantitative estimate of drug-likeness (QED) is 0.0261. The number of ether oxygens (including phenoxy) is 2. The average molecular weight is 1090 g/mol. The standard InChI is InChI=1S/C68H133NO8/c1-3-5-7-9-11-13-15-17-19-21-23-24-25-26-27-28-29-30-31-32-33-34-35-36-37-38-39-40-42-44-46-48-50-52-54-56-58-64(72)69-61(60-76-68-67(75)66(74)65(73)63(59-70)77-68)62(71)57-55-53-51-49-47-45-43-41-22-20-18-16-14-12-10-8-6-4-2/h55,57,61-63,65-68,70-71,73-75H,3-54,56,58-60H2,1-2H3,(H,69,72)/b57-55+. The minimum Gasteiger partial charge on any atom is -0.394 e.